The number of aryl methyl sites for hydroxylation is 3. The molecule has 0 saturated heterocycles. The highest BCUT2D eigenvalue weighted by Crippen LogP contribution is 2.28. The minimum atomic E-state index is -0.429. The minimum Gasteiger partial charge on any atom is -0.493 e. The second-order valence-corrected chi connectivity index (χ2v) is 7.62. The summed E-state index contributed by atoms with van der Waals surface area (Å²) < 4.78 is 10.5. The lowest BCUT2D eigenvalue weighted by molar-refractivity contribution is 0.0956. The highest BCUT2D eigenvalue weighted by Gasteiger charge is 2.16. The van der Waals surface area contributed by atoms with E-state index in [4.69, 9.17) is 9.47 Å². The normalized spacial score (nSPS) is 10.7. The number of hydrogen-bond donors (Lipinski definition) is 2. The van der Waals surface area contributed by atoms with Crippen molar-refractivity contribution in [1.29, 1.82) is 0 Å². The number of nitrogens with zero attached hydrogens (tertiary/aromatic N) is 1. The molecule has 0 fully saturated rings. The number of carbonyl (C=O) groups is 2. The maximum absolute atomic E-state index is 12.8. The predicted molar refractivity (Wildman–Crippen MR) is 130 cm³/mol. The van der Waals surface area contributed by atoms with Gasteiger partial charge in [0.15, 0.2) is 11.5 Å². The van der Waals surface area contributed by atoms with Crippen molar-refractivity contribution < 1.29 is 19.1 Å². The lowest BCUT2D eigenvalue weighted by Crippen LogP contribution is -2.21. The summed E-state index contributed by atoms with van der Waals surface area (Å²) in [5.74, 6) is 0.146. The quantitative estimate of drug-likeness (QED) is 0.409. The lowest BCUT2D eigenvalue weighted by Gasteiger charge is -2.13. The van der Waals surface area contributed by atoms with Crippen molar-refractivity contribution in [2.75, 3.05) is 19.5 Å². The highest BCUT2D eigenvalue weighted by molar-refractivity contribution is 6.09. The van der Waals surface area contributed by atoms with Crippen molar-refractivity contribution >= 4 is 23.7 Å². The molecule has 0 heterocycles. The molecule has 0 atom stereocenters. The largest absolute Gasteiger partial charge is 0.493 e. The van der Waals surface area contributed by atoms with E-state index < -0.39 is 5.91 Å². The molecule has 3 aromatic carbocycles. The summed E-state index contributed by atoms with van der Waals surface area (Å²) in [5, 5.41) is 6.87. The summed E-state index contributed by atoms with van der Waals surface area (Å²) in [6, 6.07) is 16.0. The molecule has 170 valence electrons. The van der Waals surface area contributed by atoms with E-state index >= 15 is 0 Å². The van der Waals surface area contributed by atoms with Crippen LogP contribution in [0.5, 0.6) is 11.5 Å². The maximum Gasteiger partial charge on any atom is 0.273 e. The maximum atomic E-state index is 12.8. The molecule has 0 radical (unpaired) electrons. The summed E-state index contributed by atoms with van der Waals surface area (Å²) in [5.41, 5.74) is 7.67. The van der Waals surface area contributed by atoms with Crippen molar-refractivity contribution in [2.45, 2.75) is 20.8 Å². The summed E-state index contributed by atoms with van der Waals surface area (Å²) in [6.07, 6.45) is 1.59. The fraction of sp³-hybridized carbons (Fsp3) is 0.192. The molecule has 0 aromatic heterocycles. The molecule has 0 saturated carbocycles. The Morgan fingerprint density at radius 1 is 0.818 bits per heavy atom. The van der Waals surface area contributed by atoms with Crippen LogP contribution in [0.2, 0.25) is 0 Å². The topological polar surface area (TPSA) is 89.0 Å². The third-order valence-corrected chi connectivity index (χ3v) is 5.22. The average molecular weight is 446 g/mol. The van der Waals surface area contributed by atoms with Gasteiger partial charge in [0.25, 0.3) is 11.8 Å². The van der Waals surface area contributed by atoms with E-state index in [9.17, 15) is 9.59 Å². The summed E-state index contributed by atoms with van der Waals surface area (Å²) >= 11 is 0. The first-order valence-corrected chi connectivity index (χ1v) is 10.4. The number of carbonyl (C=O) groups excluding carboxylic acids is 2. The molecule has 3 rings (SSSR count). The van der Waals surface area contributed by atoms with E-state index in [0.717, 1.165) is 16.7 Å². The first-order chi connectivity index (χ1) is 15.8. The summed E-state index contributed by atoms with van der Waals surface area (Å²) in [4.78, 5) is 25.6. The van der Waals surface area contributed by atoms with Crippen LogP contribution in [0.3, 0.4) is 0 Å². The van der Waals surface area contributed by atoms with Crippen molar-refractivity contribution in [3.63, 3.8) is 0 Å². The van der Waals surface area contributed by atoms with Gasteiger partial charge in [0.2, 0.25) is 0 Å². The Labute approximate surface area is 193 Å². The highest BCUT2D eigenvalue weighted by atomic mass is 16.5. The molecule has 0 unspecified atom stereocenters. The number of nitrogens with one attached hydrogen (secondary N) is 2. The Morgan fingerprint density at radius 3 is 2.27 bits per heavy atom. The number of hydrazone groups is 1. The minimum absolute atomic E-state index is 0.307. The molecule has 2 N–H and O–H groups in total. The van der Waals surface area contributed by atoms with Gasteiger partial charge in [-0.3, -0.25) is 9.59 Å². The van der Waals surface area contributed by atoms with Gasteiger partial charge in [-0.1, -0.05) is 29.8 Å². The van der Waals surface area contributed by atoms with Crippen LogP contribution in [0.25, 0.3) is 0 Å². The van der Waals surface area contributed by atoms with E-state index in [2.05, 4.69) is 15.8 Å². The zero-order valence-electron chi connectivity index (χ0n) is 19.4. The fourth-order valence-electron chi connectivity index (χ4n) is 3.20. The Balaban J connectivity index is 1.78. The Morgan fingerprint density at radius 2 is 1.58 bits per heavy atom. The molecule has 7 nitrogen and oxygen atoms in total. The number of benzene rings is 3. The van der Waals surface area contributed by atoms with Gasteiger partial charge in [0.1, 0.15) is 0 Å². The van der Waals surface area contributed by atoms with Gasteiger partial charge >= 0.3 is 0 Å². The van der Waals surface area contributed by atoms with Crippen LogP contribution in [0.15, 0.2) is 59.7 Å². The number of rotatable bonds is 7. The molecular formula is C26H27N3O4. The van der Waals surface area contributed by atoms with Crippen LogP contribution in [-0.4, -0.2) is 32.2 Å². The molecule has 3 aromatic rings. The van der Waals surface area contributed by atoms with E-state index in [1.807, 2.05) is 45.0 Å². The summed E-state index contributed by atoms with van der Waals surface area (Å²) in [6.45, 7) is 5.92. The van der Waals surface area contributed by atoms with Crippen molar-refractivity contribution in [2.24, 2.45) is 5.10 Å². The first kappa shape index (κ1) is 23.5. The van der Waals surface area contributed by atoms with Crippen molar-refractivity contribution in [1.82, 2.24) is 5.43 Å². The number of methoxy groups -OCH3 is 2. The van der Waals surface area contributed by atoms with Crippen LogP contribution < -0.4 is 20.2 Å². The molecule has 33 heavy (non-hydrogen) atoms. The van der Waals surface area contributed by atoms with Gasteiger partial charge in [-0.2, -0.15) is 5.10 Å². The molecule has 0 aliphatic heterocycles. The van der Waals surface area contributed by atoms with Gasteiger partial charge in [-0.25, -0.2) is 5.43 Å². The predicted octanol–water partition coefficient (Wildman–Crippen LogP) is 4.65. The second-order valence-electron chi connectivity index (χ2n) is 7.62. The number of ether oxygens (including phenoxy) is 2. The smallest absolute Gasteiger partial charge is 0.273 e. The van der Waals surface area contributed by atoms with E-state index in [-0.39, 0.29) is 5.91 Å². The first-order valence-electron chi connectivity index (χ1n) is 10.4. The Kier molecular flexibility index (Phi) is 7.46. The van der Waals surface area contributed by atoms with Gasteiger partial charge in [-0.15, -0.1) is 0 Å². The lowest BCUT2D eigenvalue weighted by atomic mass is 10.1. The second kappa shape index (κ2) is 10.5. The molecule has 0 aliphatic carbocycles. The van der Waals surface area contributed by atoms with Crippen LogP contribution in [-0.2, 0) is 0 Å². The standard InChI is InChI=1S/C26H27N3O4/c1-16-6-10-22(28-25(30)20-9-11-23(32-4)24(14-20)33-5)21(12-16)26(31)29-27-15-19-8-7-17(2)18(3)13-19/h6-15H,1-5H3,(H,28,30)(H,29,31). The van der Waals surface area contributed by atoms with Crippen LogP contribution in [0, 0.1) is 20.8 Å². The van der Waals surface area contributed by atoms with Gasteiger partial charge in [0.05, 0.1) is 31.7 Å². The van der Waals surface area contributed by atoms with Crippen LogP contribution in [0.4, 0.5) is 5.69 Å². The number of anilines is 1. The van der Waals surface area contributed by atoms with Gasteiger partial charge in [0, 0.05) is 5.56 Å². The molecule has 7 heteroatoms. The van der Waals surface area contributed by atoms with E-state index in [1.54, 1.807) is 36.5 Å². The molecule has 2 amide bonds. The number of hydrogen-bond acceptors (Lipinski definition) is 5. The average Bonchev–Trinajstić information content (AvgIpc) is 2.81. The fourth-order valence-corrected chi connectivity index (χ4v) is 3.20. The van der Waals surface area contributed by atoms with E-state index in [0.29, 0.717) is 28.3 Å². The summed E-state index contributed by atoms with van der Waals surface area (Å²) in [7, 11) is 3.03. The van der Waals surface area contributed by atoms with Crippen molar-refractivity contribution in [3.8, 4) is 11.5 Å². The van der Waals surface area contributed by atoms with E-state index in [1.165, 1.54) is 19.8 Å². The SMILES string of the molecule is COc1ccc(C(=O)Nc2ccc(C)cc2C(=O)NN=Cc2ccc(C)c(C)c2)cc1OC. The Hall–Kier alpha value is -4.13. The van der Waals surface area contributed by atoms with Gasteiger partial charge in [-0.05, 0) is 67.8 Å². The third kappa shape index (κ3) is 5.77. The molecule has 0 spiro atoms. The van der Waals surface area contributed by atoms with Gasteiger partial charge < -0.3 is 14.8 Å². The monoisotopic (exact) mass is 445 g/mol. The zero-order valence-corrected chi connectivity index (χ0v) is 19.4. The third-order valence-electron chi connectivity index (χ3n) is 5.22. The number of amides is 2. The zero-order chi connectivity index (χ0) is 24.0. The molecule has 0 aliphatic rings. The van der Waals surface area contributed by atoms with Crippen molar-refractivity contribution in [3.05, 3.63) is 88.0 Å². The Bertz CT molecular complexity index is 1220. The van der Waals surface area contributed by atoms with Crippen LogP contribution in [0.1, 0.15) is 43.0 Å². The molecular weight excluding hydrogens is 418 g/mol. The molecule has 0 bridgehead atoms. The van der Waals surface area contributed by atoms with Crippen LogP contribution >= 0.6 is 0 Å².